The first kappa shape index (κ1) is 13.2. The van der Waals surface area contributed by atoms with Gasteiger partial charge in [-0.25, -0.2) is 0 Å². The van der Waals surface area contributed by atoms with Crippen molar-refractivity contribution in [2.45, 2.75) is 69.5 Å². The number of halogens is 1. The van der Waals surface area contributed by atoms with Gasteiger partial charge in [-0.05, 0) is 44.4 Å². The third kappa shape index (κ3) is 3.14. The molecule has 1 aliphatic carbocycles. The number of amides is 1. The van der Waals surface area contributed by atoms with E-state index < -0.39 is 0 Å². The summed E-state index contributed by atoms with van der Waals surface area (Å²) in [5, 5.41) is 6.85. The van der Waals surface area contributed by atoms with E-state index in [9.17, 15) is 4.79 Å². The van der Waals surface area contributed by atoms with Gasteiger partial charge in [-0.1, -0.05) is 6.42 Å². The Hall–Kier alpha value is -0.280. The lowest BCUT2D eigenvalue weighted by Gasteiger charge is -2.31. The molecule has 98 valence electrons. The zero-order valence-corrected chi connectivity index (χ0v) is 11.1. The smallest absolute Gasteiger partial charge is 0.220 e. The molecule has 0 aromatic carbocycles. The minimum absolute atomic E-state index is 0. The maximum absolute atomic E-state index is 11.8. The molecule has 3 aliphatic rings. The van der Waals surface area contributed by atoms with Crippen LogP contribution in [-0.4, -0.2) is 24.0 Å². The predicted molar refractivity (Wildman–Crippen MR) is 70.3 cm³/mol. The number of carbonyl (C=O) groups is 1. The van der Waals surface area contributed by atoms with E-state index in [1.807, 2.05) is 0 Å². The molecule has 2 aliphatic heterocycles. The molecule has 2 saturated heterocycles. The van der Waals surface area contributed by atoms with Crippen molar-refractivity contribution in [1.82, 2.24) is 10.6 Å². The molecule has 3 rings (SSSR count). The average molecular weight is 259 g/mol. The van der Waals surface area contributed by atoms with Crippen LogP contribution in [0.2, 0.25) is 0 Å². The summed E-state index contributed by atoms with van der Waals surface area (Å²) in [6.07, 6.45) is 9.55. The Morgan fingerprint density at radius 2 is 1.76 bits per heavy atom. The highest BCUT2D eigenvalue weighted by Gasteiger charge is 2.34. The van der Waals surface area contributed by atoms with Crippen LogP contribution in [0.5, 0.6) is 0 Å². The summed E-state index contributed by atoms with van der Waals surface area (Å²) >= 11 is 0. The zero-order valence-electron chi connectivity index (χ0n) is 10.3. The number of nitrogens with one attached hydrogen (secondary N) is 2. The van der Waals surface area contributed by atoms with Crippen molar-refractivity contribution < 1.29 is 4.79 Å². The van der Waals surface area contributed by atoms with E-state index in [2.05, 4.69) is 10.6 Å². The number of rotatable bonds is 3. The Morgan fingerprint density at radius 1 is 1.12 bits per heavy atom. The van der Waals surface area contributed by atoms with Gasteiger partial charge in [0.15, 0.2) is 0 Å². The molecule has 2 atom stereocenters. The lowest BCUT2D eigenvalue weighted by Crippen LogP contribution is -2.48. The highest BCUT2D eigenvalue weighted by Crippen LogP contribution is 2.30. The maximum atomic E-state index is 11.8. The molecule has 17 heavy (non-hydrogen) atoms. The van der Waals surface area contributed by atoms with E-state index in [1.165, 1.54) is 32.1 Å². The third-order valence-electron chi connectivity index (χ3n) is 4.54. The van der Waals surface area contributed by atoms with Crippen molar-refractivity contribution in [3.8, 4) is 0 Å². The Kier molecular flexibility index (Phi) is 4.31. The number of carbonyl (C=O) groups excluding carboxylic acids is 1. The molecule has 0 aromatic heterocycles. The third-order valence-corrected chi connectivity index (χ3v) is 4.54. The molecule has 4 heteroatoms. The molecule has 2 N–H and O–H groups in total. The lowest BCUT2D eigenvalue weighted by atomic mass is 9.82. The zero-order chi connectivity index (χ0) is 11.0. The molecule has 3 nitrogen and oxygen atoms in total. The quantitative estimate of drug-likeness (QED) is 0.813. The summed E-state index contributed by atoms with van der Waals surface area (Å²) in [5.41, 5.74) is 0. The van der Waals surface area contributed by atoms with Crippen molar-refractivity contribution in [3.05, 3.63) is 0 Å². The fourth-order valence-electron chi connectivity index (χ4n) is 3.42. The summed E-state index contributed by atoms with van der Waals surface area (Å²) in [4.78, 5) is 11.8. The van der Waals surface area contributed by atoms with Gasteiger partial charge in [-0.2, -0.15) is 0 Å². The van der Waals surface area contributed by atoms with Crippen molar-refractivity contribution in [1.29, 1.82) is 0 Å². The molecule has 1 amide bonds. The molecule has 0 spiro atoms. The minimum Gasteiger partial charge on any atom is -0.353 e. The topological polar surface area (TPSA) is 41.1 Å². The van der Waals surface area contributed by atoms with Gasteiger partial charge in [-0.15, -0.1) is 12.4 Å². The fraction of sp³-hybridized carbons (Fsp3) is 0.923. The summed E-state index contributed by atoms with van der Waals surface area (Å²) < 4.78 is 0. The average Bonchev–Trinajstić information content (AvgIpc) is 2.52. The largest absolute Gasteiger partial charge is 0.353 e. The highest BCUT2D eigenvalue weighted by atomic mass is 35.5. The minimum atomic E-state index is 0. The molecule has 0 radical (unpaired) electrons. The van der Waals surface area contributed by atoms with Crippen LogP contribution in [0, 0.1) is 5.92 Å². The van der Waals surface area contributed by atoms with Crippen LogP contribution in [0.4, 0.5) is 0 Å². The van der Waals surface area contributed by atoms with Crippen molar-refractivity contribution in [3.63, 3.8) is 0 Å². The first-order chi connectivity index (χ1) is 7.79. The van der Waals surface area contributed by atoms with Crippen molar-refractivity contribution in [2.75, 3.05) is 0 Å². The van der Waals surface area contributed by atoms with Crippen LogP contribution >= 0.6 is 12.4 Å². The SMILES string of the molecule is Cl.O=C(CC1CCC1)NC1CC2CCC(C1)N2. The maximum Gasteiger partial charge on any atom is 0.220 e. The van der Waals surface area contributed by atoms with E-state index in [1.54, 1.807) is 0 Å². The predicted octanol–water partition coefficient (Wildman–Crippen LogP) is 2.00. The Morgan fingerprint density at radius 3 is 2.29 bits per heavy atom. The molecule has 1 saturated carbocycles. The van der Waals surface area contributed by atoms with Gasteiger partial charge >= 0.3 is 0 Å². The van der Waals surface area contributed by atoms with Gasteiger partial charge in [-0.3, -0.25) is 4.79 Å². The van der Waals surface area contributed by atoms with Gasteiger partial charge in [0.1, 0.15) is 0 Å². The molecule has 3 fully saturated rings. The van der Waals surface area contributed by atoms with Crippen molar-refractivity contribution in [2.24, 2.45) is 5.92 Å². The number of piperidine rings is 1. The Labute approximate surface area is 110 Å². The van der Waals surface area contributed by atoms with Crippen LogP contribution in [0.3, 0.4) is 0 Å². The normalized spacial score (nSPS) is 35.9. The van der Waals surface area contributed by atoms with E-state index in [-0.39, 0.29) is 12.4 Å². The molecule has 0 aromatic rings. The monoisotopic (exact) mass is 258 g/mol. The van der Waals surface area contributed by atoms with E-state index in [0.29, 0.717) is 30.0 Å². The Balaban J connectivity index is 0.00000108. The summed E-state index contributed by atoms with van der Waals surface area (Å²) in [6, 6.07) is 1.80. The van der Waals surface area contributed by atoms with Gasteiger partial charge in [0, 0.05) is 24.5 Å². The van der Waals surface area contributed by atoms with Crippen LogP contribution in [-0.2, 0) is 4.79 Å². The first-order valence-corrected chi connectivity index (χ1v) is 6.85. The van der Waals surface area contributed by atoms with Crippen LogP contribution in [0.25, 0.3) is 0 Å². The molecule has 2 heterocycles. The number of hydrogen-bond acceptors (Lipinski definition) is 2. The fourth-order valence-corrected chi connectivity index (χ4v) is 3.42. The second-order valence-electron chi connectivity index (χ2n) is 5.87. The Bertz CT molecular complexity index is 269. The lowest BCUT2D eigenvalue weighted by molar-refractivity contribution is -0.123. The first-order valence-electron chi connectivity index (χ1n) is 6.85. The van der Waals surface area contributed by atoms with Crippen LogP contribution in [0.15, 0.2) is 0 Å². The summed E-state index contributed by atoms with van der Waals surface area (Å²) in [7, 11) is 0. The van der Waals surface area contributed by atoms with E-state index >= 15 is 0 Å². The summed E-state index contributed by atoms with van der Waals surface area (Å²) in [5.74, 6) is 0.995. The van der Waals surface area contributed by atoms with E-state index in [0.717, 1.165) is 19.3 Å². The standard InChI is InChI=1S/C13H22N2O.ClH/c16-13(6-9-2-1-3-9)15-12-7-10-4-5-11(8-12)14-10;/h9-12,14H,1-8H2,(H,15,16);1H. The number of fused-ring (bicyclic) bond motifs is 2. The van der Waals surface area contributed by atoms with Gasteiger partial charge in [0.05, 0.1) is 0 Å². The second kappa shape index (κ2) is 5.57. The van der Waals surface area contributed by atoms with E-state index in [4.69, 9.17) is 0 Å². The van der Waals surface area contributed by atoms with Crippen molar-refractivity contribution >= 4 is 18.3 Å². The highest BCUT2D eigenvalue weighted by molar-refractivity contribution is 5.85. The van der Waals surface area contributed by atoms with Crippen LogP contribution < -0.4 is 10.6 Å². The van der Waals surface area contributed by atoms with Gasteiger partial charge in [0.25, 0.3) is 0 Å². The van der Waals surface area contributed by atoms with Gasteiger partial charge in [0.2, 0.25) is 5.91 Å². The summed E-state index contributed by atoms with van der Waals surface area (Å²) in [6.45, 7) is 0. The number of hydrogen-bond donors (Lipinski definition) is 2. The molecular formula is C13H23ClN2O. The molecule has 2 unspecified atom stereocenters. The van der Waals surface area contributed by atoms with Crippen LogP contribution in [0.1, 0.15) is 51.4 Å². The molecular weight excluding hydrogens is 236 g/mol. The molecule has 2 bridgehead atoms. The van der Waals surface area contributed by atoms with Gasteiger partial charge < -0.3 is 10.6 Å². The second-order valence-corrected chi connectivity index (χ2v) is 5.87.